The second kappa shape index (κ2) is 6.31. The predicted octanol–water partition coefficient (Wildman–Crippen LogP) is 1.37. The third-order valence-corrected chi connectivity index (χ3v) is 6.33. The van der Waals surface area contributed by atoms with Crippen molar-refractivity contribution in [2.24, 2.45) is 4.99 Å². The summed E-state index contributed by atoms with van der Waals surface area (Å²) < 4.78 is 35.7. The third kappa shape index (κ3) is 3.14. The Morgan fingerprint density at radius 2 is 2.04 bits per heavy atom. The van der Waals surface area contributed by atoms with Crippen molar-refractivity contribution in [3.05, 3.63) is 39.8 Å². The summed E-state index contributed by atoms with van der Waals surface area (Å²) in [7, 11) is -3.07. The van der Waals surface area contributed by atoms with Gasteiger partial charge in [0, 0.05) is 18.0 Å². The number of aromatic amines is 1. The number of fused-ring (bicyclic) bond motifs is 1. The highest BCUT2D eigenvalue weighted by Gasteiger charge is 2.31. The molecule has 1 saturated heterocycles. The molecule has 9 heteroatoms. The van der Waals surface area contributed by atoms with E-state index in [1.54, 1.807) is 25.1 Å². The molecule has 1 atom stereocenters. The number of ether oxygens (including phenoxy) is 2. The summed E-state index contributed by atoms with van der Waals surface area (Å²) in [5, 5.41) is 2.98. The summed E-state index contributed by atoms with van der Waals surface area (Å²) in [4.78, 5) is 17.0. The number of hydrogen-bond donors (Lipinski definition) is 1. The normalized spacial score (nSPS) is 21.3. The Hall–Kier alpha value is -2.55. The molecule has 0 saturated carbocycles. The highest BCUT2D eigenvalue weighted by molar-refractivity contribution is 7.91. The summed E-state index contributed by atoms with van der Waals surface area (Å²) in [6, 6.07) is 4.98. The van der Waals surface area contributed by atoms with E-state index in [4.69, 9.17) is 9.47 Å². The maximum absolute atomic E-state index is 12.6. The minimum atomic E-state index is -3.07. The smallest absolute Gasteiger partial charge is 0.275 e. The lowest BCUT2D eigenvalue weighted by molar-refractivity contribution is 0.171. The van der Waals surface area contributed by atoms with E-state index in [0.29, 0.717) is 48.1 Å². The van der Waals surface area contributed by atoms with Crippen molar-refractivity contribution in [1.82, 2.24) is 9.78 Å². The molecule has 0 bridgehead atoms. The number of nitrogens with zero attached hydrogens (tertiary/aromatic N) is 2. The standard InChI is InChI=1S/C17H19N3O5S/c1-11-14(17(21)20(19-11)13-4-7-26(22,23)10-13)9-18-12-2-3-15-16(8-12)25-6-5-24-15/h2-3,8-9,13,19H,4-7,10H2,1H3/t13-/m1/s1. The fourth-order valence-corrected chi connectivity index (χ4v) is 4.92. The molecule has 8 nitrogen and oxygen atoms in total. The molecule has 4 rings (SSSR count). The number of hydrogen-bond acceptors (Lipinski definition) is 6. The van der Waals surface area contributed by atoms with Crippen LogP contribution in [0.25, 0.3) is 0 Å². The van der Waals surface area contributed by atoms with Crippen molar-refractivity contribution < 1.29 is 17.9 Å². The van der Waals surface area contributed by atoms with E-state index in [1.807, 2.05) is 0 Å². The Morgan fingerprint density at radius 1 is 1.27 bits per heavy atom. The zero-order chi connectivity index (χ0) is 18.3. The van der Waals surface area contributed by atoms with Gasteiger partial charge in [0.25, 0.3) is 5.56 Å². The van der Waals surface area contributed by atoms with E-state index in [1.165, 1.54) is 10.9 Å². The van der Waals surface area contributed by atoms with E-state index in [0.717, 1.165) is 0 Å². The number of aryl methyl sites for hydroxylation is 1. The molecule has 1 N–H and O–H groups in total. The number of nitrogens with one attached hydrogen (secondary N) is 1. The minimum Gasteiger partial charge on any atom is -0.486 e. The van der Waals surface area contributed by atoms with Crippen LogP contribution >= 0.6 is 0 Å². The van der Waals surface area contributed by atoms with Crippen LogP contribution in [0.4, 0.5) is 5.69 Å². The summed E-state index contributed by atoms with van der Waals surface area (Å²) in [6.45, 7) is 2.78. The van der Waals surface area contributed by atoms with Gasteiger partial charge in [0.05, 0.1) is 28.8 Å². The molecular weight excluding hydrogens is 358 g/mol. The fraction of sp³-hybridized carbons (Fsp3) is 0.412. The summed E-state index contributed by atoms with van der Waals surface area (Å²) >= 11 is 0. The van der Waals surface area contributed by atoms with Crippen LogP contribution in [0, 0.1) is 6.92 Å². The van der Waals surface area contributed by atoms with Gasteiger partial charge in [-0.1, -0.05) is 0 Å². The highest BCUT2D eigenvalue weighted by Crippen LogP contribution is 2.33. The van der Waals surface area contributed by atoms with Crippen molar-refractivity contribution in [3.8, 4) is 11.5 Å². The van der Waals surface area contributed by atoms with Gasteiger partial charge in [-0.05, 0) is 25.5 Å². The minimum absolute atomic E-state index is 0.00833. The van der Waals surface area contributed by atoms with Crippen LogP contribution in [0.15, 0.2) is 28.0 Å². The lowest BCUT2D eigenvalue weighted by Gasteiger charge is -2.18. The highest BCUT2D eigenvalue weighted by atomic mass is 32.2. The average molecular weight is 377 g/mol. The molecule has 0 aliphatic carbocycles. The quantitative estimate of drug-likeness (QED) is 0.814. The van der Waals surface area contributed by atoms with Crippen molar-refractivity contribution >= 4 is 21.7 Å². The van der Waals surface area contributed by atoms with Crippen molar-refractivity contribution in [2.45, 2.75) is 19.4 Å². The molecule has 0 radical (unpaired) electrons. The first kappa shape index (κ1) is 16.9. The first-order valence-corrected chi connectivity index (χ1v) is 10.2. The Bertz CT molecular complexity index is 1040. The van der Waals surface area contributed by atoms with Gasteiger partial charge in [-0.15, -0.1) is 0 Å². The molecule has 138 valence electrons. The number of aromatic nitrogens is 2. The van der Waals surface area contributed by atoms with Crippen molar-refractivity contribution in [2.75, 3.05) is 24.7 Å². The van der Waals surface area contributed by atoms with Crippen LogP contribution in [-0.4, -0.2) is 49.1 Å². The topological polar surface area (TPSA) is 103 Å². The number of sulfone groups is 1. The molecule has 0 amide bonds. The monoisotopic (exact) mass is 377 g/mol. The van der Waals surface area contributed by atoms with Crippen LogP contribution in [0.2, 0.25) is 0 Å². The molecule has 1 fully saturated rings. The van der Waals surface area contributed by atoms with Crippen molar-refractivity contribution in [1.29, 1.82) is 0 Å². The Balaban J connectivity index is 1.61. The third-order valence-electron chi connectivity index (χ3n) is 4.58. The largest absolute Gasteiger partial charge is 0.486 e. The number of rotatable bonds is 3. The Kier molecular flexibility index (Phi) is 4.10. The number of benzene rings is 1. The van der Waals surface area contributed by atoms with Crippen molar-refractivity contribution in [3.63, 3.8) is 0 Å². The average Bonchev–Trinajstić information content (AvgIpc) is 3.12. The van der Waals surface area contributed by atoms with Gasteiger partial charge in [0.15, 0.2) is 21.3 Å². The maximum atomic E-state index is 12.6. The number of H-pyrrole nitrogens is 1. The second-order valence-corrected chi connectivity index (χ2v) is 8.70. The molecule has 0 unspecified atom stereocenters. The van der Waals surface area contributed by atoms with Gasteiger partial charge in [0.2, 0.25) is 0 Å². The first-order valence-electron chi connectivity index (χ1n) is 8.38. The van der Waals surface area contributed by atoms with Gasteiger partial charge in [-0.25, -0.2) is 13.1 Å². The second-order valence-electron chi connectivity index (χ2n) is 6.47. The van der Waals surface area contributed by atoms with Gasteiger partial charge in [-0.3, -0.25) is 14.9 Å². The van der Waals surface area contributed by atoms with Gasteiger partial charge >= 0.3 is 0 Å². The van der Waals surface area contributed by atoms with E-state index in [9.17, 15) is 13.2 Å². The lowest BCUT2D eigenvalue weighted by atomic mass is 10.2. The molecule has 3 heterocycles. The molecule has 26 heavy (non-hydrogen) atoms. The van der Waals surface area contributed by atoms with E-state index in [-0.39, 0.29) is 23.1 Å². The predicted molar refractivity (Wildman–Crippen MR) is 96.8 cm³/mol. The molecule has 1 aromatic heterocycles. The first-order chi connectivity index (χ1) is 12.4. The van der Waals surface area contributed by atoms with Crippen LogP contribution in [0.1, 0.15) is 23.7 Å². The summed E-state index contributed by atoms with van der Waals surface area (Å²) in [6.07, 6.45) is 1.94. The van der Waals surface area contributed by atoms with E-state index >= 15 is 0 Å². The lowest BCUT2D eigenvalue weighted by Crippen LogP contribution is -2.25. The summed E-state index contributed by atoms with van der Waals surface area (Å²) in [5.41, 5.74) is 1.46. The Morgan fingerprint density at radius 3 is 2.77 bits per heavy atom. The molecule has 0 spiro atoms. The van der Waals surface area contributed by atoms with Crippen LogP contribution in [0.3, 0.4) is 0 Å². The fourth-order valence-electron chi connectivity index (χ4n) is 3.22. The maximum Gasteiger partial charge on any atom is 0.275 e. The molecule has 2 aliphatic heterocycles. The van der Waals surface area contributed by atoms with E-state index < -0.39 is 9.84 Å². The van der Waals surface area contributed by atoms with Gasteiger partial charge < -0.3 is 9.47 Å². The van der Waals surface area contributed by atoms with E-state index in [2.05, 4.69) is 10.1 Å². The van der Waals surface area contributed by atoms with Gasteiger partial charge in [0.1, 0.15) is 13.2 Å². The SMILES string of the molecule is Cc1[nH]n([C@@H]2CCS(=O)(=O)C2)c(=O)c1C=Nc1ccc2c(c1)OCCO2. The van der Waals surface area contributed by atoms with Gasteiger partial charge in [-0.2, -0.15) is 0 Å². The molecule has 2 aliphatic rings. The van der Waals surface area contributed by atoms with Crippen LogP contribution in [-0.2, 0) is 9.84 Å². The molecular formula is C17H19N3O5S. The summed E-state index contributed by atoms with van der Waals surface area (Å²) in [5.74, 6) is 1.41. The molecule has 1 aromatic carbocycles. The zero-order valence-corrected chi connectivity index (χ0v) is 15.1. The number of aliphatic imine (C=N–C) groups is 1. The van der Waals surface area contributed by atoms with Crippen LogP contribution in [0.5, 0.6) is 11.5 Å². The Labute approximate surface area is 150 Å². The molecule has 2 aromatic rings. The zero-order valence-electron chi connectivity index (χ0n) is 14.3. The van der Waals surface area contributed by atoms with Crippen LogP contribution < -0.4 is 15.0 Å².